The van der Waals surface area contributed by atoms with E-state index in [9.17, 15) is 19.0 Å². The van der Waals surface area contributed by atoms with Crippen LogP contribution in [0.4, 0.5) is 0 Å². The molecule has 0 aliphatic rings. The maximum atomic E-state index is 13.3. The van der Waals surface area contributed by atoms with Gasteiger partial charge in [-0.1, -0.05) is 0 Å². The molecule has 0 saturated carbocycles. The van der Waals surface area contributed by atoms with Gasteiger partial charge in [-0.3, -0.25) is 9.59 Å². The smallest absolute Gasteiger partial charge is 0.736 e. The minimum atomic E-state index is -5.14. The van der Waals surface area contributed by atoms with E-state index < -0.39 is 19.4 Å². The Morgan fingerprint density at radius 3 is 1.02 bits per heavy atom. The van der Waals surface area contributed by atoms with Gasteiger partial charge < -0.3 is 42.4 Å². The first-order chi connectivity index (χ1) is 21.6. The maximum absolute atomic E-state index is 13.3. The molecule has 0 aromatic heterocycles. The van der Waals surface area contributed by atoms with Crippen LogP contribution in [-0.2, 0) is 4.57 Å². The largest absolute Gasteiger partial charge is 1.00 e. The van der Waals surface area contributed by atoms with Gasteiger partial charge in [0.25, 0.3) is 0 Å². The first-order valence-corrected chi connectivity index (χ1v) is 14.6. The predicted octanol–water partition coefficient (Wildman–Crippen LogP) is 2.13. The summed E-state index contributed by atoms with van der Waals surface area (Å²) in [4.78, 5) is 39.7. The van der Waals surface area contributed by atoms with Crippen molar-refractivity contribution in [2.45, 2.75) is 0 Å². The molecule has 0 unspecified atom stereocenters. The van der Waals surface area contributed by atoms with Crippen molar-refractivity contribution in [3.63, 3.8) is 0 Å². The van der Waals surface area contributed by atoms with E-state index in [1.54, 1.807) is 48.5 Å². The summed E-state index contributed by atoms with van der Waals surface area (Å²) in [5, 5.41) is 0. The Morgan fingerprint density at radius 1 is 0.500 bits per heavy atom. The number of carbonyl (C=O) groups excluding carboxylic acids is 2. The zero-order chi connectivity index (χ0) is 32.7. The van der Waals surface area contributed by atoms with E-state index in [1.165, 1.54) is 66.9 Å². The quantitative estimate of drug-likeness (QED) is 0.111. The second kappa shape index (κ2) is 15.9. The summed E-state index contributed by atoms with van der Waals surface area (Å²) in [5.74, 6) is -0.277. The molecule has 0 aliphatic heterocycles. The van der Waals surface area contributed by atoms with Crippen molar-refractivity contribution in [3.05, 3.63) is 95.1 Å². The zero-order valence-electron chi connectivity index (χ0n) is 26.3. The minimum Gasteiger partial charge on any atom is -0.736 e. The predicted molar refractivity (Wildman–Crippen MR) is 161 cm³/mol. The summed E-state index contributed by atoms with van der Waals surface area (Å²) in [6.45, 7) is 0. The van der Waals surface area contributed by atoms with E-state index in [0.717, 1.165) is 0 Å². The maximum Gasteiger partial charge on any atom is 1.00 e. The summed E-state index contributed by atoms with van der Waals surface area (Å²) in [5.41, 5.74) is 0.725. The van der Waals surface area contributed by atoms with Crippen LogP contribution in [0.25, 0.3) is 0 Å². The van der Waals surface area contributed by atoms with Crippen molar-refractivity contribution in [1.29, 1.82) is 0 Å². The molecular formula is C32H30NaO12P. The van der Waals surface area contributed by atoms with Crippen molar-refractivity contribution in [2.24, 2.45) is 0 Å². The van der Waals surface area contributed by atoms with Gasteiger partial charge in [-0.2, -0.15) is 0 Å². The molecule has 12 nitrogen and oxygen atoms in total. The average Bonchev–Trinajstić information content (AvgIpc) is 3.06. The Balaban J connectivity index is 0.00000576. The van der Waals surface area contributed by atoms with Crippen LogP contribution in [-0.4, -0.2) is 54.2 Å². The Morgan fingerprint density at radius 2 is 0.783 bits per heavy atom. The molecule has 236 valence electrons. The fourth-order valence-electron chi connectivity index (χ4n) is 4.38. The molecule has 0 radical (unpaired) electrons. The number of phosphoric ester groups is 1. The van der Waals surface area contributed by atoms with Crippen molar-refractivity contribution >= 4 is 19.4 Å². The van der Waals surface area contributed by atoms with E-state index in [4.69, 9.17) is 37.5 Å². The molecule has 4 rings (SSSR count). The summed E-state index contributed by atoms with van der Waals surface area (Å²) >= 11 is 0. The van der Waals surface area contributed by atoms with Gasteiger partial charge in [0.1, 0.15) is 57.1 Å². The van der Waals surface area contributed by atoms with Crippen molar-refractivity contribution < 1.29 is 86.1 Å². The first kappa shape index (κ1) is 36.3. The van der Waals surface area contributed by atoms with Gasteiger partial charge in [0, 0.05) is 35.4 Å². The Bertz CT molecular complexity index is 1560. The van der Waals surface area contributed by atoms with Crippen molar-refractivity contribution in [3.8, 4) is 46.0 Å². The van der Waals surface area contributed by atoms with Crippen LogP contribution in [0.5, 0.6) is 46.0 Å². The second-order valence-electron chi connectivity index (χ2n) is 9.15. The third-order valence-electron chi connectivity index (χ3n) is 6.55. The van der Waals surface area contributed by atoms with Crippen LogP contribution in [0.1, 0.15) is 31.8 Å². The molecule has 4 aromatic rings. The van der Waals surface area contributed by atoms with Crippen LogP contribution in [0.3, 0.4) is 0 Å². The van der Waals surface area contributed by atoms with Crippen LogP contribution >= 0.6 is 7.82 Å². The number of hydrogen-bond acceptors (Lipinski definition) is 12. The molecule has 14 heteroatoms. The van der Waals surface area contributed by atoms with E-state index in [-0.39, 0.29) is 75.2 Å². The number of benzene rings is 4. The van der Waals surface area contributed by atoms with Crippen molar-refractivity contribution in [1.82, 2.24) is 0 Å². The zero-order valence-corrected chi connectivity index (χ0v) is 29.2. The summed E-state index contributed by atoms with van der Waals surface area (Å²) in [6.07, 6.45) is 0. The summed E-state index contributed by atoms with van der Waals surface area (Å²) in [7, 11) is 3.11. The van der Waals surface area contributed by atoms with E-state index in [2.05, 4.69) is 0 Å². The second-order valence-corrected chi connectivity index (χ2v) is 10.4. The van der Waals surface area contributed by atoms with Gasteiger partial charge in [0.2, 0.25) is 11.6 Å². The van der Waals surface area contributed by atoms with Gasteiger partial charge in [-0.05, 0) is 48.5 Å². The minimum absolute atomic E-state index is 0. The molecule has 0 saturated heterocycles. The van der Waals surface area contributed by atoms with Gasteiger partial charge >= 0.3 is 37.4 Å². The number of rotatable bonds is 14. The number of methoxy groups -OCH3 is 6. The topological polar surface area (TPSA) is 148 Å². The molecule has 46 heavy (non-hydrogen) atoms. The summed E-state index contributed by atoms with van der Waals surface area (Å²) < 4.78 is 55.3. The third kappa shape index (κ3) is 8.14. The number of carbonyl (C=O) groups is 2. The molecule has 0 amide bonds. The molecule has 0 fully saturated rings. The SMILES string of the molecule is COc1ccc(C(=O)c2c(OC)cc(OP(=O)([O-])Oc3cc(OC)c(C(=O)c4ccc(OC)cc4)c(OC)c3)cc2OC)cc1.[Na+]. The van der Waals surface area contributed by atoms with Crippen molar-refractivity contribution in [2.75, 3.05) is 42.7 Å². The fraction of sp³-hybridized carbons (Fsp3) is 0.188. The molecule has 0 heterocycles. The normalized spacial score (nSPS) is 10.6. The number of ketones is 2. The average molecular weight is 661 g/mol. The fourth-order valence-corrected chi connectivity index (χ4v) is 5.14. The standard InChI is InChI=1S/C32H31O12P.Na/c1-37-21-11-7-19(8-12-21)31(33)29-25(39-3)15-23(16-26(29)40-4)43-45(35,36)44-24-17-27(41-5)30(28(18-24)42-6)32(34)20-9-13-22(38-2)14-10-20;/h7-18H,1-6H3,(H,35,36);/q;+1/p-1. The number of ether oxygens (including phenoxy) is 6. The van der Waals surface area contributed by atoms with Gasteiger partial charge in [-0.15, -0.1) is 0 Å². The molecule has 0 spiro atoms. The van der Waals surface area contributed by atoms with Crippen LogP contribution < -0.4 is 71.9 Å². The Kier molecular flexibility index (Phi) is 12.5. The molecule has 0 bridgehead atoms. The van der Waals surface area contributed by atoms with Crippen LogP contribution in [0.15, 0.2) is 72.8 Å². The monoisotopic (exact) mass is 660 g/mol. The van der Waals surface area contributed by atoms with E-state index in [1.807, 2.05) is 0 Å². The molecule has 0 atom stereocenters. The van der Waals surface area contributed by atoms with E-state index >= 15 is 0 Å². The Hall–Kier alpha value is -4.19. The van der Waals surface area contributed by atoms with Crippen LogP contribution in [0, 0.1) is 0 Å². The first-order valence-electron chi connectivity index (χ1n) is 13.2. The Labute approximate surface area is 288 Å². The third-order valence-corrected chi connectivity index (χ3v) is 7.42. The molecule has 4 aromatic carbocycles. The van der Waals surface area contributed by atoms with Gasteiger partial charge in [0.05, 0.1) is 42.7 Å². The molecular weight excluding hydrogens is 630 g/mol. The number of hydrogen-bond donors (Lipinski definition) is 0. The van der Waals surface area contributed by atoms with Gasteiger partial charge in [-0.25, -0.2) is 4.57 Å². The molecule has 0 aliphatic carbocycles. The van der Waals surface area contributed by atoms with Gasteiger partial charge in [0.15, 0.2) is 0 Å². The summed E-state index contributed by atoms with van der Waals surface area (Å²) in [6, 6.07) is 17.6. The van der Waals surface area contributed by atoms with E-state index in [0.29, 0.717) is 22.6 Å². The van der Waals surface area contributed by atoms with Crippen LogP contribution in [0.2, 0.25) is 0 Å². The number of phosphoric acid groups is 1. The molecule has 0 N–H and O–H groups in total.